The molecular formula is C13H17BrClNO. The van der Waals surface area contributed by atoms with E-state index >= 15 is 0 Å². The van der Waals surface area contributed by atoms with Gasteiger partial charge < -0.3 is 9.64 Å². The highest BCUT2D eigenvalue weighted by atomic mass is 79.9. The molecule has 2 nitrogen and oxygen atoms in total. The summed E-state index contributed by atoms with van der Waals surface area (Å²) >= 11 is 9.70. The minimum Gasteiger partial charge on any atom is -0.376 e. The molecule has 1 unspecified atom stereocenters. The summed E-state index contributed by atoms with van der Waals surface area (Å²) in [7, 11) is 2.10. The summed E-state index contributed by atoms with van der Waals surface area (Å²) in [4.78, 5) is 2.23. The zero-order valence-electron chi connectivity index (χ0n) is 9.96. The van der Waals surface area contributed by atoms with E-state index in [4.69, 9.17) is 16.3 Å². The Labute approximate surface area is 116 Å². The van der Waals surface area contributed by atoms with Crippen LogP contribution in [0, 0.1) is 0 Å². The Hall–Kier alpha value is -0.250. The lowest BCUT2D eigenvalue weighted by atomic mass is 10.1. The van der Waals surface area contributed by atoms with Gasteiger partial charge in [-0.25, -0.2) is 0 Å². The molecule has 4 heteroatoms. The fraction of sp³-hybridized carbons (Fsp3) is 0.538. The van der Waals surface area contributed by atoms with E-state index in [1.54, 1.807) is 0 Å². The van der Waals surface area contributed by atoms with Crippen molar-refractivity contribution >= 4 is 33.2 Å². The Morgan fingerprint density at radius 1 is 1.53 bits per heavy atom. The summed E-state index contributed by atoms with van der Waals surface area (Å²) in [5, 5.41) is 1.59. The van der Waals surface area contributed by atoms with Gasteiger partial charge in [0, 0.05) is 41.8 Å². The zero-order chi connectivity index (χ0) is 12.3. The number of likely N-dealkylation sites (N-methyl/N-ethyl adjacent to an activating group) is 1. The number of ether oxygens (including phenoxy) is 1. The maximum atomic E-state index is 6.20. The van der Waals surface area contributed by atoms with Crippen LogP contribution in [-0.4, -0.2) is 26.3 Å². The molecule has 1 aromatic carbocycles. The van der Waals surface area contributed by atoms with E-state index in [0.29, 0.717) is 6.10 Å². The van der Waals surface area contributed by atoms with Crippen molar-refractivity contribution in [1.29, 1.82) is 0 Å². The van der Waals surface area contributed by atoms with Crippen LogP contribution in [0.1, 0.15) is 18.4 Å². The predicted octanol–water partition coefficient (Wildman–Crippen LogP) is 3.85. The maximum Gasteiger partial charge on any atom is 0.0750 e. The summed E-state index contributed by atoms with van der Waals surface area (Å²) in [5.74, 6) is 0. The van der Waals surface area contributed by atoms with Gasteiger partial charge in [-0.2, -0.15) is 0 Å². The number of halogens is 2. The number of alkyl halides is 1. The fourth-order valence-electron chi connectivity index (χ4n) is 2.23. The van der Waals surface area contributed by atoms with Crippen molar-refractivity contribution < 1.29 is 4.74 Å². The van der Waals surface area contributed by atoms with Crippen LogP contribution in [0.2, 0.25) is 5.02 Å². The lowest BCUT2D eigenvalue weighted by Crippen LogP contribution is -2.29. The first-order chi connectivity index (χ1) is 8.22. The zero-order valence-corrected chi connectivity index (χ0v) is 12.3. The van der Waals surface area contributed by atoms with Crippen LogP contribution in [-0.2, 0) is 10.1 Å². The van der Waals surface area contributed by atoms with Gasteiger partial charge >= 0.3 is 0 Å². The van der Waals surface area contributed by atoms with Gasteiger partial charge in [0.1, 0.15) is 0 Å². The molecule has 0 amide bonds. The highest BCUT2D eigenvalue weighted by Crippen LogP contribution is 2.29. The van der Waals surface area contributed by atoms with E-state index in [9.17, 15) is 0 Å². The van der Waals surface area contributed by atoms with Gasteiger partial charge in [-0.05, 0) is 25.0 Å². The predicted molar refractivity (Wildman–Crippen MR) is 76.3 cm³/mol. The molecule has 0 aromatic heterocycles. The number of anilines is 1. The van der Waals surface area contributed by atoms with Gasteiger partial charge in [-0.15, -0.1) is 0 Å². The molecule has 1 atom stereocenters. The molecule has 0 spiro atoms. The van der Waals surface area contributed by atoms with Crippen LogP contribution < -0.4 is 4.90 Å². The molecule has 0 saturated carbocycles. The van der Waals surface area contributed by atoms with Gasteiger partial charge in [0.15, 0.2) is 0 Å². The standard InChI is InChI=1S/C13H17BrClNO/c1-16(9-10-4-3-7-17-10)13-6-2-5-12(15)11(13)8-14/h2,5-6,10H,3-4,7-9H2,1H3. The van der Waals surface area contributed by atoms with Gasteiger partial charge in [-0.3, -0.25) is 0 Å². The van der Waals surface area contributed by atoms with Gasteiger partial charge in [0.05, 0.1) is 6.10 Å². The monoisotopic (exact) mass is 317 g/mol. The molecule has 0 radical (unpaired) electrons. The molecule has 1 saturated heterocycles. The quantitative estimate of drug-likeness (QED) is 0.782. The number of hydrogen-bond donors (Lipinski definition) is 0. The first-order valence-electron chi connectivity index (χ1n) is 5.88. The first-order valence-corrected chi connectivity index (χ1v) is 7.38. The normalized spacial score (nSPS) is 19.6. The minimum atomic E-state index is 0.363. The van der Waals surface area contributed by atoms with Crippen molar-refractivity contribution in [2.24, 2.45) is 0 Å². The Morgan fingerprint density at radius 2 is 2.35 bits per heavy atom. The lowest BCUT2D eigenvalue weighted by Gasteiger charge is -2.25. The Balaban J connectivity index is 2.12. The van der Waals surface area contributed by atoms with Gasteiger partial charge in [0.25, 0.3) is 0 Å². The summed E-state index contributed by atoms with van der Waals surface area (Å²) in [5.41, 5.74) is 2.33. The second-order valence-electron chi connectivity index (χ2n) is 4.39. The number of benzene rings is 1. The van der Waals surface area contributed by atoms with E-state index in [2.05, 4.69) is 33.9 Å². The molecule has 0 bridgehead atoms. The highest BCUT2D eigenvalue weighted by Gasteiger charge is 2.19. The van der Waals surface area contributed by atoms with Crippen molar-refractivity contribution in [2.45, 2.75) is 24.3 Å². The maximum absolute atomic E-state index is 6.20. The largest absolute Gasteiger partial charge is 0.376 e. The molecule has 0 N–H and O–H groups in total. The van der Waals surface area contributed by atoms with Crippen LogP contribution in [0.5, 0.6) is 0 Å². The smallest absolute Gasteiger partial charge is 0.0750 e. The average Bonchev–Trinajstić information content (AvgIpc) is 2.81. The fourth-order valence-corrected chi connectivity index (χ4v) is 3.22. The molecule has 1 aromatic rings. The highest BCUT2D eigenvalue weighted by molar-refractivity contribution is 9.08. The molecular weight excluding hydrogens is 302 g/mol. The third-order valence-electron chi connectivity index (χ3n) is 3.14. The van der Waals surface area contributed by atoms with Crippen LogP contribution in [0.15, 0.2) is 18.2 Å². The Morgan fingerprint density at radius 3 is 3.00 bits per heavy atom. The minimum absolute atomic E-state index is 0.363. The van der Waals surface area contributed by atoms with Crippen LogP contribution in [0.3, 0.4) is 0 Å². The second kappa shape index (κ2) is 6.07. The SMILES string of the molecule is CN(CC1CCCO1)c1cccc(Cl)c1CBr. The molecule has 0 aliphatic carbocycles. The average molecular weight is 319 g/mol. The third-order valence-corrected chi connectivity index (χ3v) is 4.06. The number of hydrogen-bond acceptors (Lipinski definition) is 2. The molecule has 2 rings (SSSR count). The number of nitrogens with zero attached hydrogens (tertiary/aromatic N) is 1. The van der Waals surface area contributed by atoms with E-state index in [1.807, 2.05) is 12.1 Å². The summed E-state index contributed by atoms with van der Waals surface area (Å²) in [6.07, 6.45) is 2.70. The van der Waals surface area contributed by atoms with E-state index < -0.39 is 0 Å². The molecule has 94 valence electrons. The topological polar surface area (TPSA) is 12.5 Å². The molecule has 1 aliphatic rings. The van der Waals surface area contributed by atoms with Crippen LogP contribution >= 0.6 is 27.5 Å². The van der Waals surface area contributed by atoms with Crippen molar-refractivity contribution in [2.75, 3.05) is 25.1 Å². The molecule has 17 heavy (non-hydrogen) atoms. The molecule has 1 aliphatic heterocycles. The second-order valence-corrected chi connectivity index (χ2v) is 5.35. The van der Waals surface area contributed by atoms with E-state index in [0.717, 1.165) is 35.5 Å². The third kappa shape index (κ3) is 3.15. The lowest BCUT2D eigenvalue weighted by molar-refractivity contribution is 0.116. The van der Waals surface area contributed by atoms with Crippen molar-refractivity contribution in [3.63, 3.8) is 0 Å². The van der Waals surface area contributed by atoms with E-state index in [-0.39, 0.29) is 0 Å². The summed E-state index contributed by atoms with van der Waals surface area (Å²) in [6, 6.07) is 6.04. The molecule has 1 fully saturated rings. The first kappa shape index (κ1) is 13.2. The summed E-state index contributed by atoms with van der Waals surface area (Å²) < 4.78 is 5.66. The number of rotatable bonds is 4. The van der Waals surface area contributed by atoms with Crippen LogP contribution in [0.25, 0.3) is 0 Å². The Bertz CT molecular complexity index is 380. The van der Waals surface area contributed by atoms with Crippen molar-refractivity contribution in [1.82, 2.24) is 0 Å². The van der Waals surface area contributed by atoms with Crippen LogP contribution in [0.4, 0.5) is 5.69 Å². The Kier molecular flexibility index (Phi) is 4.71. The molecule has 1 heterocycles. The van der Waals surface area contributed by atoms with E-state index in [1.165, 1.54) is 12.1 Å². The van der Waals surface area contributed by atoms with Crippen molar-refractivity contribution in [3.8, 4) is 0 Å². The van der Waals surface area contributed by atoms with Crippen molar-refractivity contribution in [3.05, 3.63) is 28.8 Å². The van der Waals surface area contributed by atoms with Gasteiger partial charge in [-0.1, -0.05) is 33.6 Å². The summed E-state index contributed by atoms with van der Waals surface area (Å²) in [6.45, 7) is 1.83. The van der Waals surface area contributed by atoms with Gasteiger partial charge in [0.2, 0.25) is 0 Å².